The number of benzene rings is 8. The summed E-state index contributed by atoms with van der Waals surface area (Å²) in [6.45, 7) is 6.00. The Balaban J connectivity index is 0.000000190. The van der Waals surface area contributed by atoms with Crippen molar-refractivity contribution in [3.63, 3.8) is 0 Å². The number of aliphatic hydroxyl groups is 1. The molecule has 0 aromatic heterocycles. The molecule has 8 aromatic carbocycles. The fourth-order valence-electron chi connectivity index (χ4n) is 6.97. The highest BCUT2D eigenvalue weighted by atomic mass is 16.3. The molecule has 0 fully saturated rings. The Hall–Kier alpha value is -7.21. The van der Waals surface area contributed by atoms with Gasteiger partial charge in [-0.25, -0.2) is 0 Å². The molecule has 282 valence electrons. The molecule has 5 nitrogen and oxygen atoms in total. The lowest BCUT2D eigenvalue weighted by molar-refractivity contribution is 0.399. The van der Waals surface area contributed by atoms with Crippen molar-refractivity contribution >= 4 is 38.8 Å². The number of anilines is 1. The number of rotatable bonds is 6. The van der Waals surface area contributed by atoms with Gasteiger partial charge in [-0.3, -0.25) is 4.99 Å². The minimum atomic E-state index is -0.0749. The molecule has 1 unspecified atom stereocenters. The fraction of sp³-hybridized carbons (Fsp3) is 0.0577. The van der Waals surface area contributed by atoms with Gasteiger partial charge in [-0.2, -0.15) is 0 Å². The van der Waals surface area contributed by atoms with E-state index in [1.54, 1.807) is 6.07 Å². The maximum absolute atomic E-state index is 10.2. The predicted octanol–water partition coefficient (Wildman–Crippen LogP) is 12.3. The summed E-state index contributed by atoms with van der Waals surface area (Å²) in [6.07, 6.45) is 2.21. The van der Waals surface area contributed by atoms with Gasteiger partial charge in [0.2, 0.25) is 0 Å². The molecule has 4 N–H and O–H groups in total. The second-order valence-electron chi connectivity index (χ2n) is 13.0. The summed E-state index contributed by atoms with van der Waals surface area (Å²) in [7, 11) is 2.94. The van der Waals surface area contributed by atoms with E-state index in [-0.39, 0.29) is 6.04 Å². The van der Waals surface area contributed by atoms with Crippen molar-refractivity contribution < 1.29 is 10.2 Å². The van der Waals surface area contributed by atoms with Gasteiger partial charge in [0.25, 0.3) is 0 Å². The van der Waals surface area contributed by atoms with Crippen molar-refractivity contribution in [3.8, 4) is 28.0 Å². The first-order valence-corrected chi connectivity index (χ1v) is 18.8. The third-order valence-corrected chi connectivity index (χ3v) is 9.65. The Morgan fingerprint density at radius 3 is 1.79 bits per heavy atom. The highest BCUT2D eigenvalue weighted by Gasteiger charge is 2.19. The highest BCUT2D eigenvalue weighted by molar-refractivity contribution is 6.14. The predicted molar refractivity (Wildman–Crippen MR) is 243 cm³/mol. The molecule has 1 heterocycles. The van der Waals surface area contributed by atoms with Crippen LogP contribution in [0.3, 0.4) is 0 Å². The van der Waals surface area contributed by atoms with Gasteiger partial charge in [-0.15, -0.1) is 13.2 Å². The molecule has 0 aliphatic carbocycles. The molecule has 1 aliphatic heterocycles. The number of phenols is 1. The minimum absolute atomic E-state index is 0.0749. The van der Waals surface area contributed by atoms with Crippen LogP contribution < -0.4 is 10.6 Å². The summed E-state index contributed by atoms with van der Waals surface area (Å²) < 4.78 is 0. The van der Waals surface area contributed by atoms with Crippen molar-refractivity contribution in [1.82, 2.24) is 5.32 Å². The van der Waals surface area contributed by atoms with Gasteiger partial charge in [0, 0.05) is 36.7 Å². The first kappa shape index (κ1) is 39.5. The van der Waals surface area contributed by atoms with Crippen LogP contribution in [0.25, 0.3) is 49.5 Å². The van der Waals surface area contributed by atoms with E-state index in [4.69, 9.17) is 10.1 Å². The second-order valence-corrected chi connectivity index (χ2v) is 13.0. The van der Waals surface area contributed by atoms with Crippen LogP contribution in [0.4, 0.5) is 5.69 Å². The molecular weight excluding hydrogens is 699 g/mol. The highest BCUT2D eigenvalue weighted by Crippen LogP contribution is 2.38. The van der Waals surface area contributed by atoms with Crippen LogP contribution in [0.15, 0.2) is 212 Å². The summed E-state index contributed by atoms with van der Waals surface area (Å²) in [5, 5.41) is 28.8. The van der Waals surface area contributed by atoms with Crippen LogP contribution in [-0.2, 0) is 0 Å². The van der Waals surface area contributed by atoms with E-state index in [0.29, 0.717) is 5.75 Å². The van der Waals surface area contributed by atoms with E-state index in [0.717, 1.165) is 52.0 Å². The number of hydrogen-bond donors (Lipinski definition) is 4. The third kappa shape index (κ3) is 9.19. The van der Waals surface area contributed by atoms with Crippen LogP contribution >= 0.6 is 0 Å². The number of amidine groups is 1. The zero-order valence-corrected chi connectivity index (χ0v) is 32.3. The standard InChI is InChI=1S/C29H25N3.C20H14O.C2H4.CH4O/c1-30-26-17-9-15-24(19-26)23-14-8-16-25(18-23)28-20-27(21-10-4-2-5-11-21)31-29(32-28)22-12-6-3-7-13-22;21-20-12-6-5-11-18(20)19-13-14-7-1-2-8-15(14)16-9-3-4-10-17(16)19;2*1-2/h2-20,28,30H,1H3,(H,31,32);1-13,21H;1-2H2;2H,1H3. The van der Waals surface area contributed by atoms with Crippen LogP contribution in [0.2, 0.25) is 0 Å². The van der Waals surface area contributed by atoms with Crippen molar-refractivity contribution in [2.45, 2.75) is 6.04 Å². The summed E-state index contributed by atoms with van der Waals surface area (Å²) in [5.74, 6) is 1.21. The quantitative estimate of drug-likeness (QED) is 0.101. The smallest absolute Gasteiger partial charge is 0.133 e. The van der Waals surface area contributed by atoms with Gasteiger partial charge in [0.15, 0.2) is 0 Å². The largest absolute Gasteiger partial charge is 0.507 e. The Morgan fingerprint density at radius 2 is 1.09 bits per heavy atom. The van der Waals surface area contributed by atoms with Crippen molar-refractivity contribution in [3.05, 3.63) is 224 Å². The molecule has 57 heavy (non-hydrogen) atoms. The number of fused-ring (bicyclic) bond motifs is 3. The minimum Gasteiger partial charge on any atom is -0.507 e. The molecule has 0 saturated carbocycles. The lowest BCUT2D eigenvalue weighted by atomic mass is 9.93. The van der Waals surface area contributed by atoms with Crippen LogP contribution in [-0.4, -0.2) is 30.2 Å². The molecule has 0 amide bonds. The number of phenolic OH excluding ortho intramolecular Hbond substituents is 1. The Bertz CT molecular complexity index is 2560. The average Bonchev–Trinajstić information content (AvgIpc) is 3.31. The van der Waals surface area contributed by atoms with Crippen LogP contribution in [0.5, 0.6) is 5.75 Å². The van der Waals surface area contributed by atoms with Gasteiger partial charge in [-0.1, -0.05) is 158 Å². The zero-order chi connectivity index (χ0) is 40.0. The van der Waals surface area contributed by atoms with Gasteiger partial charge in [0.05, 0.1) is 6.04 Å². The number of aromatic hydroxyl groups is 1. The maximum atomic E-state index is 10.2. The number of hydrogen-bond acceptors (Lipinski definition) is 5. The lowest BCUT2D eigenvalue weighted by Crippen LogP contribution is -2.27. The summed E-state index contributed by atoms with van der Waals surface area (Å²) in [4.78, 5) is 5.08. The molecule has 5 heteroatoms. The van der Waals surface area contributed by atoms with Gasteiger partial charge < -0.3 is 20.8 Å². The van der Waals surface area contributed by atoms with Crippen molar-refractivity contribution in [2.75, 3.05) is 19.5 Å². The molecule has 9 rings (SSSR count). The van der Waals surface area contributed by atoms with E-state index in [1.807, 2.05) is 61.6 Å². The average molecular weight is 746 g/mol. The molecule has 8 aromatic rings. The van der Waals surface area contributed by atoms with Crippen molar-refractivity contribution in [1.29, 1.82) is 0 Å². The van der Waals surface area contributed by atoms with E-state index in [9.17, 15) is 5.11 Å². The van der Waals surface area contributed by atoms with Crippen LogP contribution in [0, 0.1) is 0 Å². The molecular formula is C52H47N3O2. The van der Waals surface area contributed by atoms with E-state index >= 15 is 0 Å². The summed E-state index contributed by atoms with van der Waals surface area (Å²) >= 11 is 0. The van der Waals surface area contributed by atoms with Gasteiger partial charge in [0.1, 0.15) is 11.6 Å². The number of nitrogens with zero attached hydrogens (tertiary/aromatic N) is 1. The molecule has 0 radical (unpaired) electrons. The lowest BCUT2D eigenvalue weighted by Gasteiger charge is -2.23. The normalized spacial score (nSPS) is 12.9. The Kier molecular flexibility index (Phi) is 13.4. The number of aliphatic imine (C=N–C) groups is 1. The first-order chi connectivity index (χ1) is 28.1. The van der Waals surface area contributed by atoms with Crippen molar-refractivity contribution in [2.24, 2.45) is 4.99 Å². The maximum Gasteiger partial charge on any atom is 0.133 e. The molecule has 1 aliphatic rings. The topological polar surface area (TPSA) is 76.9 Å². The molecule has 1 atom stereocenters. The SMILES string of the molecule is C=C.CNc1cccc(-c2cccc(C3C=C(c4ccccc4)NC(c4ccccc4)=N3)c2)c1.CO.Oc1ccccc1-c1cc2ccccc2c2ccccc12. The number of para-hydroxylation sites is 1. The second kappa shape index (κ2) is 19.4. The van der Waals surface area contributed by atoms with E-state index in [2.05, 4.69) is 157 Å². The third-order valence-electron chi connectivity index (χ3n) is 9.65. The first-order valence-electron chi connectivity index (χ1n) is 18.8. The monoisotopic (exact) mass is 745 g/mol. The summed E-state index contributed by atoms with van der Waals surface area (Å²) in [5.41, 5.74) is 9.90. The van der Waals surface area contributed by atoms with E-state index < -0.39 is 0 Å². The van der Waals surface area contributed by atoms with E-state index in [1.165, 1.54) is 32.8 Å². The zero-order valence-electron chi connectivity index (χ0n) is 32.3. The van der Waals surface area contributed by atoms with Gasteiger partial charge >= 0.3 is 0 Å². The summed E-state index contributed by atoms with van der Waals surface area (Å²) in [6, 6.07) is 64.2. The Labute approximate surface area is 335 Å². The Morgan fingerprint density at radius 1 is 0.526 bits per heavy atom. The number of nitrogens with one attached hydrogen (secondary N) is 2. The molecule has 0 spiro atoms. The van der Waals surface area contributed by atoms with Crippen LogP contribution in [0.1, 0.15) is 22.7 Å². The van der Waals surface area contributed by atoms with Gasteiger partial charge in [-0.05, 0) is 85.8 Å². The number of aliphatic hydroxyl groups excluding tert-OH is 1. The molecule has 0 saturated heterocycles. The molecule has 0 bridgehead atoms. The fourth-order valence-corrected chi connectivity index (χ4v) is 6.97.